The molecule has 0 saturated heterocycles. The van der Waals surface area contributed by atoms with E-state index < -0.39 is 5.60 Å². The van der Waals surface area contributed by atoms with Crippen LogP contribution in [0.1, 0.15) is 62.3 Å². The minimum atomic E-state index is -1.03. The van der Waals surface area contributed by atoms with Gasteiger partial charge in [-0.15, -0.1) is 5.10 Å². The summed E-state index contributed by atoms with van der Waals surface area (Å²) in [7, 11) is 0. The van der Waals surface area contributed by atoms with Crippen molar-refractivity contribution >= 4 is 5.91 Å². The Morgan fingerprint density at radius 2 is 1.40 bits per heavy atom. The van der Waals surface area contributed by atoms with Gasteiger partial charge in [0.05, 0.1) is 6.20 Å². The first kappa shape index (κ1) is 31.8. The number of nitrogens with zero attached hydrogens (tertiary/aromatic N) is 3. The lowest BCUT2D eigenvalue weighted by atomic mass is 9.80. The van der Waals surface area contributed by atoms with Gasteiger partial charge in [0.2, 0.25) is 5.91 Å². The van der Waals surface area contributed by atoms with Crippen LogP contribution in [0.4, 0.5) is 4.39 Å². The molecule has 0 unspecified atom stereocenters. The fourth-order valence-electron chi connectivity index (χ4n) is 5.19. The van der Waals surface area contributed by atoms with Crippen LogP contribution in [0.15, 0.2) is 115 Å². The van der Waals surface area contributed by atoms with E-state index in [9.17, 15) is 9.18 Å². The zero-order valence-corrected chi connectivity index (χ0v) is 26.0. The first-order valence-electron chi connectivity index (χ1n) is 15.3. The van der Waals surface area contributed by atoms with Crippen molar-refractivity contribution in [2.45, 2.75) is 64.3 Å². The van der Waals surface area contributed by atoms with E-state index >= 15 is 0 Å². The number of carbonyl (C=O) groups is 1. The Labute approximate surface area is 264 Å². The molecule has 8 heteroatoms. The van der Waals surface area contributed by atoms with Crippen molar-refractivity contribution in [2.75, 3.05) is 0 Å². The largest absolute Gasteiger partial charge is 0.308 e. The number of unbranched alkanes of at least 4 members (excludes halogenated alkanes) is 1. The summed E-state index contributed by atoms with van der Waals surface area (Å²) in [5.41, 5.74) is 6.23. The minimum Gasteiger partial charge on any atom is -0.308 e. The molecule has 0 saturated carbocycles. The Balaban J connectivity index is 1.18. The summed E-state index contributed by atoms with van der Waals surface area (Å²) in [5, 5.41) is 11.7. The lowest BCUT2D eigenvalue weighted by molar-refractivity contribution is -0.143. The first-order chi connectivity index (χ1) is 21.7. The summed E-state index contributed by atoms with van der Waals surface area (Å²) in [6.07, 6.45) is 3.43. The van der Waals surface area contributed by atoms with Crippen molar-refractivity contribution in [1.29, 1.82) is 0 Å². The van der Waals surface area contributed by atoms with E-state index in [1.165, 1.54) is 6.07 Å². The molecule has 0 aliphatic heterocycles. The van der Waals surface area contributed by atoms with Gasteiger partial charge in [-0.2, -0.15) is 0 Å². The highest BCUT2D eigenvalue weighted by Crippen LogP contribution is 2.39. The molecule has 5 aromatic rings. The number of halogens is 1. The van der Waals surface area contributed by atoms with Crippen LogP contribution in [-0.2, 0) is 28.3 Å². The molecular weight excluding hydrogens is 565 g/mol. The van der Waals surface area contributed by atoms with Gasteiger partial charge in [-0.1, -0.05) is 108 Å². The van der Waals surface area contributed by atoms with Crippen LogP contribution in [0.25, 0.3) is 11.3 Å². The average molecular weight is 606 g/mol. The van der Waals surface area contributed by atoms with Crippen LogP contribution in [0.2, 0.25) is 0 Å². The highest BCUT2D eigenvalue weighted by Gasteiger charge is 2.39. The standard InChI is InChI=1S/C37H40FN5O2/c1-36(2,3)39-26-29-23-22-28(25-33(29)38)34-27-43(42-40-34)24-14-13-21-35(44)41-45-37(30-15-7-4-8-16-30,31-17-9-5-10-18-31)32-19-11-6-12-20-32/h4-12,15-20,22-23,25,27,39H,13-14,21,24,26H2,1-3H3,(H,41,44). The molecule has 0 spiro atoms. The Morgan fingerprint density at radius 1 is 0.822 bits per heavy atom. The SMILES string of the molecule is CC(C)(C)NCc1ccc(-c2cn(CCCCC(=O)NOC(c3ccccc3)(c3ccccc3)c3ccccc3)nn2)cc1F. The molecule has 1 amide bonds. The Morgan fingerprint density at radius 3 is 1.93 bits per heavy atom. The second-order valence-corrected chi connectivity index (χ2v) is 12.1. The number of aromatic nitrogens is 3. The number of hydrogen-bond acceptors (Lipinski definition) is 5. The summed E-state index contributed by atoms with van der Waals surface area (Å²) in [6.45, 7) is 7.18. The third-order valence-corrected chi connectivity index (χ3v) is 7.60. The van der Waals surface area contributed by atoms with Crippen molar-refractivity contribution < 1.29 is 14.0 Å². The second kappa shape index (κ2) is 14.4. The normalized spacial score (nSPS) is 11.8. The van der Waals surface area contributed by atoms with Gasteiger partial charge >= 0.3 is 0 Å². The van der Waals surface area contributed by atoms with Crippen LogP contribution in [-0.4, -0.2) is 26.4 Å². The molecule has 0 bridgehead atoms. The topological polar surface area (TPSA) is 81.1 Å². The molecule has 4 aromatic carbocycles. The number of rotatable bonds is 13. The Hall–Kier alpha value is -4.66. The maximum Gasteiger partial charge on any atom is 0.243 e. The van der Waals surface area contributed by atoms with Gasteiger partial charge in [-0.05, 0) is 56.4 Å². The van der Waals surface area contributed by atoms with Crippen molar-refractivity contribution in [2.24, 2.45) is 0 Å². The van der Waals surface area contributed by atoms with Gasteiger partial charge in [0, 0.05) is 36.2 Å². The van der Waals surface area contributed by atoms with Gasteiger partial charge in [-0.25, -0.2) is 9.87 Å². The molecular formula is C37H40FN5O2. The monoisotopic (exact) mass is 605 g/mol. The van der Waals surface area contributed by atoms with Gasteiger partial charge in [0.15, 0.2) is 5.60 Å². The molecule has 0 atom stereocenters. The number of hydrogen-bond donors (Lipinski definition) is 2. The van der Waals surface area contributed by atoms with E-state index in [1.54, 1.807) is 16.9 Å². The zero-order valence-electron chi connectivity index (χ0n) is 26.0. The lowest BCUT2D eigenvalue weighted by Crippen LogP contribution is -2.40. The van der Waals surface area contributed by atoms with Crippen molar-refractivity contribution in [3.63, 3.8) is 0 Å². The summed E-state index contributed by atoms with van der Waals surface area (Å²) in [5.74, 6) is -0.485. The maximum atomic E-state index is 14.7. The molecule has 2 N–H and O–H groups in total. The lowest BCUT2D eigenvalue weighted by Gasteiger charge is -2.35. The molecule has 5 rings (SSSR count). The highest BCUT2D eigenvalue weighted by molar-refractivity contribution is 5.74. The summed E-state index contributed by atoms with van der Waals surface area (Å²) in [6, 6.07) is 34.9. The number of hydroxylamine groups is 1. The van der Waals surface area contributed by atoms with Crippen LogP contribution in [0.5, 0.6) is 0 Å². The van der Waals surface area contributed by atoms with E-state index in [4.69, 9.17) is 4.84 Å². The van der Waals surface area contributed by atoms with E-state index in [-0.39, 0.29) is 23.7 Å². The summed E-state index contributed by atoms with van der Waals surface area (Å²) >= 11 is 0. The number of amides is 1. The molecule has 0 aliphatic carbocycles. The first-order valence-corrected chi connectivity index (χ1v) is 15.3. The second-order valence-electron chi connectivity index (χ2n) is 12.1. The fourth-order valence-corrected chi connectivity index (χ4v) is 5.19. The number of carbonyl (C=O) groups excluding carboxylic acids is 1. The number of benzene rings is 4. The summed E-state index contributed by atoms with van der Waals surface area (Å²) in [4.78, 5) is 19.4. The highest BCUT2D eigenvalue weighted by atomic mass is 19.1. The van der Waals surface area contributed by atoms with E-state index in [0.717, 1.165) is 16.7 Å². The van der Waals surface area contributed by atoms with Crippen LogP contribution in [0, 0.1) is 5.82 Å². The van der Waals surface area contributed by atoms with Gasteiger partial charge in [0.1, 0.15) is 11.5 Å². The van der Waals surface area contributed by atoms with E-state index in [2.05, 4.69) is 21.1 Å². The van der Waals surface area contributed by atoms with Crippen LogP contribution < -0.4 is 10.8 Å². The molecule has 232 valence electrons. The van der Waals surface area contributed by atoms with Gasteiger partial charge in [0.25, 0.3) is 0 Å². The van der Waals surface area contributed by atoms with E-state index in [0.29, 0.717) is 42.8 Å². The Bertz CT molecular complexity index is 1570. The molecule has 1 aromatic heterocycles. The molecule has 1 heterocycles. The predicted octanol–water partition coefficient (Wildman–Crippen LogP) is 7.18. The van der Waals surface area contributed by atoms with Crippen LogP contribution in [0.3, 0.4) is 0 Å². The molecule has 45 heavy (non-hydrogen) atoms. The van der Waals surface area contributed by atoms with Crippen molar-refractivity contribution in [1.82, 2.24) is 25.8 Å². The molecule has 0 fully saturated rings. The summed E-state index contributed by atoms with van der Waals surface area (Å²) < 4.78 is 16.4. The predicted molar refractivity (Wildman–Crippen MR) is 174 cm³/mol. The zero-order chi connectivity index (χ0) is 31.7. The Kier molecular flexibility index (Phi) is 10.2. The minimum absolute atomic E-state index is 0.0986. The quantitative estimate of drug-likeness (QED) is 0.0844. The van der Waals surface area contributed by atoms with Crippen molar-refractivity contribution in [3.05, 3.63) is 143 Å². The van der Waals surface area contributed by atoms with Crippen molar-refractivity contribution in [3.8, 4) is 11.3 Å². The average Bonchev–Trinajstić information content (AvgIpc) is 3.53. The van der Waals surface area contributed by atoms with Crippen LogP contribution >= 0.6 is 0 Å². The molecule has 0 aliphatic rings. The fraction of sp³-hybridized carbons (Fsp3) is 0.270. The van der Waals surface area contributed by atoms with Gasteiger partial charge < -0.3 is 5.32 Å². The van der Waals surface area contributed by atoms with Gasteiger partial charge in [-0.3, -0.25) is 14.3 Å². The third-order valence-electron chi connectivity index (χ3n) is 7.60. The smallest absolute Gasteiger partial charge is 0.243 e. The molecule has 7 nitrogen and oxygen atoms in total. The van der Waals surface area contributed by atoms with E-state index in [1.807, 2.05) is 118 Å². The number of nitrogens with one attached hydrogen (secondary N) is 2. The molecule has 0 radical (unpaired) electrons. The third kappa shape index (κ3) is 8.09. The maximum absolute atomic E-state index is 14.7. The number of aryl methyl sites for hydroxylation is 1.